The molecule has 5 nitrogen and oxygen atoms in total. The van der Waals surface area contributed by atoms with Gasteiger partial charge in [0.15, 0.2) is 0 Å². The molecule has 4 N–H and O–H groups in total. The van der Waals surface area contributed by atoms with Gasteiger partial charge in [-0.15, -0.1) is 0 Å². The molecule has 1 unspecified atom stereocenters. The Bertz CT molecular complexity index is 309. The number of nitrogens with one attached hydrogen (secondary N) is 2. The number of hydrogen-bond acceptors (Lipinski definition) is 4. The Balaban J connectivity index is 2.50. The average Bonchev–Trinajstić information content (AvgIpc) is 2.52. The van der Waals surface area contributed by atoms with Crippen molar-refractivity contribution in [2.75, 3.05) is 7.05 Å². The first-order valence-corrected chi connectivity index (χ1v) is 4.41. The molecule has 0 aliphatic carbocycles. The van der Waals surface area contributed by atoms with Crippen LogP contribution in [0.2, 0.25) is 0 Å². The largest absolute Gasteiger partial charge is 0.465 e. The summed E-state index contributed by atoms with van der Waals surface area (Å²) in [6.45, 7) is 1.84. The summed E-state index contributed by atoms with van der Waals surface area (Å²) >= 11 is 0. The van der Waals surface area contributed by atoms with E-state index in [-0.39, 0.29) is 12.3 Å². The summed E-state index contributed by atoms with van der Waals surface area (Å²) in [7, 11) is 1.63. The lowest BCUT2D eigenvalue weighted by molar-refractivity contribution is -0.122. The molecule has 1 heterocycles. The SMILES string of the molecule is CNNC(=O)CC(N)c1ccc(C)o1. The van der Waals surface area contributed by atoms with Gasteiger partial charge in [0.05, 0.1) is 12.5 Å². The molecule has 0 saturated carbocycles. The summed E-state index contributed by atoms with van der Waals surface area (Å²) in [5.41, 5.74) is 10.7. The molecule has 0 aromatic carbocycles. The highest BCUT2D eigenvalue weighted by Gasteiger charge is 2.13. The van der Waals surface area contributed by atoms with Crippen molar-refractivity contribution < 1.29 is 9.21 Å². The third-order valence-electron chi connectivity index (χ3n) is 1.80. The molecule has 78 valence electrons. The molecule has 0 radical (unpaired) electrons. The molecular weight excluding hydrogens is 182 g/mol. The number of hydrogen-bond donors (Lipinski definition) is 3. The molecular formula is C9H15N3O2. The first-order chi connectivity index (χ1) is 6.63. The molecule has 1 rings (SSSR count). The topological polar surface area (TPSA) is 80.3 Å². The molecule has 0 aliphatic rings. The van der Waals surface area contributed by atoms with Crippen molar-refractivity contribution in [3.05, 3.63) is 23.7 Å². The second-order valence-electron chi connectivity index (χ2n) is 3.06. The van der Waals surface area contributed by atoms with E-state index in [4.69, 9.17) is 10.2 Å². The molecule has 1 aromatic rings. The van der Waals surface area contributed by atoms with Crippen LogP contribution in [0.1, 0.15) is 24.0 Å². The van der Waals surface area contributed by atoms with Gasteiger partial charge in [-0.25, -0.2) is 5.43 Å². The molecule has 1 amide bonds. The van der Waals surface area contributed by atoms with Crippen molar-refractivity contribution in [1.29, 1.82) is 0 Å². The number of nitrogens with two attached hydrogens (primary N) is 1. The van der Waals surface area contributed by atoms with E-state index in [1.54, 1.807) is 13.1 Å². The van der Waals surface area contributed by atoms with Gasteiger partial charge in [-0.2, -0.15) is 0 Å². The monoisotopic (exact) mass is 197 g/mol. The van der Waals surface area contributed by atoms with Gasteiger partial charge in [0, 0.05) is 7.05 Å². The molecule has 14 heavy (non-hydrogen) atoms. The van der Waals surface area contributed by atoms with Crippen LogP contribution in [0.15, 0.2) is 16.5 Å². The Kier molecular flexibility index (Phi) is 3.67. The Morgan fingerprint density at radius 1 is 1.64 bits per heavy atom. The smallest absolute Gasteiger partial charge is 0.236 e. The normalized spacial score (nSPS) is 12.5. The van der Waals surface area contributed by atoms with Crippen LogP contribution in [0.4, 0.5) is 0 Å². The first-order valence-electron chi connectivity index (χ1n) is 4.41. The number of hydrazine groups is 1. The van der Waals surface area contributed by atoms with Crippen LogP contribution in [0.25, 0.3) is 0 Å². The van der Waals surface area contributed by atoms with E-state index in [9.17, 15) is 4.79 Å². The van der Waals surface area contributed by atoms with Crippen molar-refractivity contribution in [2.24, 2.45) is 5.73 Å². The van der Waals surface area contributed by atoms with Gasteiger partial charge in [-0.3, -0.25) is 10.2 Å². The molecule has 0 fully saturated rings. The lowest BCUT2D eigenvalue weighted by Gasteiger charge is -2.08. The van der Waals surface area contributed by atoms with Crippen LogP contribution in [0.5, 0.6) is 0 Å². The third kappa shape index (κ3) is 2.86. The fourth-order valence-electron chi connectivity index (χ4n) is 1.14. The van der Waals surface area contributed by atoms with Gasteiger partial charge in [0.25, 0.3) is 0 Å². The zero-order valence-corrected chi connectivity index (χ0v) is 8.33. The average molecular weight is 197 g/mol. The van der Waals surface area contributed by atoms with E-state index < -0.39 is 6.04 Å². The Labute approximate surface area is 82.6 Å². The molecule has 5 heteroatoms. The quantitative estimate of drug-likeness (QED) is 0.603. The van der Waals surface area contributed by atoms with Crippen molar-refractivity contribution in [2.45, 2.75) is 19.4 Å². The van der Waals surface area contributed by atoms with Gasteiger partial charge in [-0.05, 0) is 19.1 Å². The van der Waals surface area contributed by atoms with Gasteiger partial charge in [0.1, 0.15) is 11.5 Å². The molecule has 0 bridgehead atoms. The fraction of sp³-hybridized carbons (Fsp3) is 0.444. The highest BCUT2D eigenvalue weighted by molar-refractivity contribution is 5.76. The van der Waals surface area contributed by atoms with E-state index in [0.29, 0.717) is 5.76 Å². The molecule has 1 atom stereocenters. The minimum absolute atomic E-state index is 0.158. The summed E-state index contributed by atoms with van der Waals surface area (Å²) in [5.74, 6) is 1.27. The second-order valence-corrected chi connectivity index (χ2v) is 3.06. The van der Waals surface area contributed by atoms with Crippen molar-refractivity contribution in [1.82, 2.24) is 10.9 Å². The highest BCUT2D eigenvalue weighted by atomic mass is 16.3. The van der Waals surface area contributed by atoms with Crippen molar-refractivity contribution in [3.8, 4) is 0 Å². The van der Waals surface area contributed by atoms with Gasteiger partial charge in [0.2, 0.25) is 5.91 Å². The zero-order chi connectivity index (χ0) is 10.6. The van der Waals surface area contributed by atoms with E-state index in [0.717, 1.165) is 5.76 Å². The van der Waals surface area contributed by atoms with E-state index >= 15 is 0 Å². The van der Waals surface area contributed by atoms with Crippen LogP contribution < -0.4 is 16.6 Å². The van der Waals surface area contributed by atoms with Crippen LogP contribution in [0, 0.1) is 6.92 Å². The second kappa shape index (κ2) is 4.78. The standard InChI is InChI=1S/C9H15N3O2/c1-6-3-4-8(14-6)7(10)5-9(13)12-11-2/h3-4,7,11H,5,10H2,1-2H3,(H,12,13). The highest BCUT2D eigenvalue weighted by Crippen LogP contribution is 2.16. The number of aryl methyl sites for hydroxylation is 1. The van der Waals surface area contributed by atoms with Crippen LogP contribution >= 0.6 is 0 Å². The minimum atomic E-state index is -0.392. The number of furan rings is 1. The Hall–Kier alpha value is -1.33. The third-order valence-corrected chi connectivity index (χ3v) is 1.80. The van der Waals surface area contributed by atoms with E-state index in [2.05, 4.69) is 10.9 Å². The van der Waals surface area contributed by atoms with Crippen LogP contribution in [-0.4, -0.2) is 13.0 Å². The number of carbonyl (C=O) groups is 1. The van der Waals surface area contributed by atoms with Gasteiger partial charge < -0.3 is 10.2 Å². The molecule has 1 aromatic heterocycles. The summed E-state index contributed by atoms with van der Waals surface area (Å²) in [6.07, 6.45) is 0.202. The summed E-state index contributed by atoms with van der Waals surface area (Å²) in [6, 6.07) is 3.22. The van der Waals surface area contributed by atoms with Gasteiger partial charge in [-0.1, -0.05) is 0 Å². The predicted octanol–water partition coefficient (Wildman–Crippen LogP) is 0.229. The number of carbonyl (C=O) groups excluding carboxylic acids is 1. The predicted molar refractivity (Wildman–Crippen MR) is 52.2 cm³/mol. The molecule has 0 aliphatic heterocycles. The summed E-state index contributed by atoms with van der Waals surface area (Å²) in [4.78, 5) is 11.1. The minimum Gasteiger partial charge on any atom is -0.465 e. The lowest BCUT2D eigenvalue weighted by Crippen LogP contribution is -2.35. The lowest BCUT2D eigenvalue weighted by atomic mass is 10.1. The maximum atomic E-state index is 11.1. The van der Waals surface area contributed by atoms with Gasteiger partial charge >= 0.3 is 0 Å². The van der Waals surface area contributed by atoms with E-state index in [1.807, 2.05) is 13.0 Å². The van der Waals surface area contributed by atoms with Crippen LogP contribution in [-0.2, 0) is 4.79 Å². The number of rotatable bonds is 4. The summed E-state index contributed by atoms with van der Waals surface area (Å²) in [5, 5.41) is 0. The zero-order valence-electron chi connectivity index (χ0n) is 8.33. The van der Waals surface area contributed by atoms with Crippen molar-refractivity contribution in [3.63, 3.8) is 0 Å². The first kappa shape index (κ1) is 10.7. The Morgan fingerprint density at radius 3 is 2.86 bits per heavy atom. The van der Waals surface area contributed by atoms with Crippen molar-refractivity contribution >= 4 is 5.91 Å². The maximum absolute atomic E-state index is 11.1. The molecule has 0 saturated heterocycles. The molecule has 0 spiro atoms. The maximum Gasteiger partial charge on any atom is 0.236 e. The van der Waals surface area contributed by atoms with Crippen LogP contribution in [0.3, 0.4) is 0 Å². The number of amides is 1. The Morgan fingerprint density at radius 2 is 2.36 bits per heavy atom. The summed E-state index contributed by atoms with van der Waals surface area (Å²) < 4.78 is 5.30. The fourth-order valence-corrected chi connectivity index (χ4v) is 1.14. The van der Waals surface area contributed by atoms with E-state index in [1.165, 1.54) is 0 Å².